The Balaban J connectivity index is 2.16. The van der Waals surface area contributed by atoms with E-state index >= 15 is 0 Å². The van der Waals surface area contributed by atoms with Crippen LogP contribution < -0.4 is 5.32 Å². The number of halogens is 1. The Morgan fingerprint density at radius 3 is 3.13 bits per heavy atom. The van der Waals surface area contributed by atoms with E-state index in [1.54, 1.807) is 6.07 Å². The Kier molecular flexibility index (Phi) is 3.28. The molecule has 1 fully saturated rings. The Morgan fingerprint density at radius 2 is 2.40 bits per heavy atom. The first-order valence-corrected chi connectivity index (χ1v) is 5.24. The molecule has 82 valence electrons. The van der Waals surface area contributed by atoms with E-state index in [9.17, 15) is 4.39 Å². The van der Waals surface area contributed by atoms with E-state index < -0.39 is 0 Å². The van der Waals surface area contributed by atoms with Crippen LogP contribution in [0.15, 0.2) is 18.3 Å². The van der Waals surface area contributed by atoms with Gasteiger partial charge in [0.05, 0.1) is 24.0 Å². The molecule has 0 amide bonds. The Bertz CT molecular complexity index is 315. The molecule has 1 aliphatic heterocycles. The molecule has 1 aromatic heterocycles. The highest BCUT2D eigenvalue weighted by Crippen LogP contribution is 2.19. The summed E-state index contributed by atoms with van der Waals surface area (Å²) in [6, 6.07) is 3.20. The van der Waals surface area contributed by atoms with Gasteiger partial charge in [0.2, 0.25) is 0 Å². The van der Waals surface area contributed by atoms with E-state index in [2.05, 4.69) is 10.3 Å². The van der Waals surface area contributed by atoms with E-state index in [1.807, 2.05) is 6.92 Å². The first kappa shape index (κ1) is 10.5. The zero-order valence-corrected chi connectivity index (χ0v) is 8.74. The number of nitrogens with zero attached hydrogens (tertiary/aromatic N) is 1. The molecule has 0 radical (unpaired) electrons. The van der Waals surface area contributed by atoms with Crippen molar-refractivity contribution in [1.82, 2.24) is 10.3 Å². The van der Waals surface area contributed by atoms with Crippen LogP contribution in [0.1, 0.15) is 25.1 Å². The molecule has 2 heterocycles. The molecule has 1 aliphatic rings. The summed E-state index contributed by atoms with van der Waals surface area (Å²) in [5.41, 5.74) is 0.839. The normalized spacial score (nSPS) is 27.3. The lowest BCUT2D eigenvalue weighted by Gasteiger charge is -2.21. The topological polar surface area (TPSA) is 34.1 Å². The average molecular weight is 210 g/mol. The first-order chi connectivity index (χ1) is 7.27. The number of pyridine rings is 1. The number of nitrogens with one attached hydrogen (secondary N) is 1. The van der Waals surface area contributed by atoms with Crippen LogP contribution in [-0.4, -0.2) is 24.2 Å². The summed E-state index contributed by atoms with van der Waals surface area (Å²) in [5.74, 6) is -0.305. The Labute approximate surface area is 88.7 Å². The highest BCUT2D eigenvalue weighted by molar-refractivity contribution is 5.11. The SMILES string of the molecule is CC1OCCCNC1c1ccc(F)cn1. The second-order valence-corrected chi connectivity index (χ2v) is 3.76. The third kappa shape index (κ3) is 2.52. The summed E-state index contributed by atoms with van der Waals surface area (Å²) in [7, 11) is 0. The van der Waals surface area contributed by atoms with Crippen LogP contribution in [-0.2, 0) is 4.74 Å². The van der Waals surface area contributed by atoms with Crippen LogP contribution in [0.25, 0.3) is 0 Å². The van der Waals surface area contributed by atoms with Crippen LogP contribution in [0.5, 0.6) is 0 Å². The Morgan fingerprint density at radius 1 is 1.53 bits per heavy atom. The molecule has 2 atom stereocenters. The number of rotatable bonds is 1. The van der Waals surface area contributed by atoms with Crippen molar-refractivity contribution in [1.29, 1.82) is 0 Å². The molecule has 2 rings (SSSR count). The monoisotopic (exact) mass is 210 g/mol. The number of hydrogen-bond donors (Lipinski definition) is 1. The standard InChI is InChI=1S/C11H15FN2O/c1-8-11(13-5-2-6-15-8)10-4-3-9(12)7-14-10/h3-4,7-8,11,13H,2,5-6H2,1H3. The summed E-state index contributed by atoms with van der Waals surface area (Å²) < 4.78 is 18.3. The molecule has 0 saturated carbocycles. The Hall–Kier alpha value is -1.00. The van der Waals surface area contributed by atoms with Crippen LogP contribution in [0.2, 0.25) is 0 Å². The van der Waals surface area contributed by atoms with Crippen LogP contribution in [0, 0.1) is 5.82 Å². The molecule has 1 N–H and O–H groups in total. The molecular formula is C11H15FN2O. The number of aromatic nitrogens is 1. The van der Waals surface area contributed by atoms with Crippen LogP contribution in [0.3, 0.4) is 0 Å². The van der Waals surface area contributed by atoms with E-state index in [0.29, 0.717) is 0 Å². The third-order valence-electron chi connectivity index (χ3n) is 2.60. The smallest absolute Gasteiger partial charge is 0.141 e. The maximum absolute atomic E-state index is 12.7. The molecule has 0 aromatic carbocycles. The number of ether oxygens (including phenoxy) is 1. The van der Waals surface area contributed by atoms with Crippen molar-refractivity contribution in [3.63, 3.8) is 0 Å². The predicted octanol–water partition coefficient (Wildman–Crippen LogP) is 1.66. The van der Waals surface area contributed by atoms with E-state index in [0.717, 1.165) is 25.3 Å². The molecule has 0 aliphatic carbocycles. The summed E-state index contributed by atoms with van der Waals surface area (Å²) in [5, 5.41) is 3.36. The lowest BCUT2D eigenvalue weighted by atomic mass is 10.1. The van der Waals surface area contributed by atoms with Crippen molar-refractivity contribution < 1.29 is 9.13 Å². The zero-order valence-electron chi connectivity index (χ0n) is 8.74. The second kappa shape index (κ2) is 4.68. The maximum Gasteiger partial charge on any atom is 0.141 e. The molecule has 0 bridgehead atoms. The highest BCUT2D eigenvalue weighted by atomic mass is 19.1. The second-order valence-electron chi connectivity index (χ2n) is 3.76. The van der Waals surface area contributed by atoms with E-state index in [1.165, 1.54) is 12.3 Å². The molecule has 0 spiro atoms. The summed E-state index contributed by atoms with van der Waals surface area (Å²) >= 11 is 0. The summed E-state index contributed by atoms with van der Waals surface area (Å²) in [6.45, 7) is 3.69. The van der Waals surface area contributed by atoms with Crippen molar-refractivity contribution in [2.75, 3.05) is 13.2 Å². The van der Waals surface area contributed by atoms with Gasteiger partial charge in [-0.1, -0.05) is 0 Å². The van der Waals surface area contributed by atoms with Gasteiger partial charge in [-0.2, -0.15) is 0 Å². The molecular weight excluding hydrogens is 195 g/mol. The van der Waals surface area contributed by atoms with E-state index in [-0.39, 0.29) is 18.0 Å². The van der Waals surface area contributed by atoms with Gasteiger partial charge in [0, 0.05) is 6.61 Å². The van der Waals surface area contributed by atoms with Crippen molar-refractivity contribution >= 4 is 0 Å². The van der Waals surface area contributed by atoms with Gasteiger partial charge >= 0.3 is 0 Å². The van der Waals surface area contributed by atoms with Gasteiger partial charge in [0.15, 0.2) is 0 Å². The van der Waals surface area contributed by atoms with Gasteiger partial charge in [-0.15, -0.1) is 0 Å². The predicted molar refractivity (Wildman–Crippen MR) is 55.0 cm³/mol. The molecule has 3 nitrogen and oxygen atoms in total. The van der Waals surface area contributed by atoms with Crippen molar-refractivity contribution in [3.05, 3.63) is 29.8 Å². The van der Waals surface area contributed by atoms with Gasteiger partial charge < -0.3 is 10.1 Å². The zero-order chi connectivity index (χ0) is 10.7. The molecule has 2 unspecified atom stereocenters. The van der Waals surface area contributed by atoms with Crippen molar-refractivity contribution in [3.8, 4) is 0 Å². The third-order valence-corrected chi connectivity index (χ3v) is 2.60. The lowest BCUT2D eigenvalue weighted by molar-refractivity contribution is 0.0551. The van der Waals surface area contributed by atoms with Gasteiger partial charge in [-0.3, -0.25) is 4.98 Å². The molecule has 15 heavy (non-hydrogen) atoms. The maximum atomic E-state index is 12.7. The molecule has 4 heteroatoms. The van der Waals surface area contributed by atoms with Gasteiger partial charge in [0.1, 0.15) is 5.82 Å². The minimum Gasteiger partial charge on any atom is -0.376 e. The minimum absolute atomic E-state index is 0.0631. The van der Waals surface area contributed by atoms with E-state index in [4.69, 9.17) is 4.74 Å². The average Bonchev–Trinajstić information content (AvgIpc) is 2.44. The summed E-state index contributed by atoms with van der Waals surface area (Å²) in [4.78, 5) is 4.08. The highest BCUT2D eigenvalue weighted by Gasteiger charge is 2.22. The van der Waals surface area contributed by atoms with Crippen LogP contribution >= 0.6 is 0 Å². The number of hydrogen-bond acceptors (Lipinski definition) is 3. The quantitative estimate of drug-likeness (QED) is 0.765. The molecule has 1 saturated heterocycles. The van der Waals surface area contributed by atoms with Gasteiger partial charge in [-0.05, 0) is 32.0 Å². The minimum atomic E-state index is -0.305. The van der Waals surface area contributed by atoms with Crippen LogP contribution in [0.4, 0.5) is 4.39 Å². The first-order valence-electron chi connectivity index (χ1n) is 5.24. The fourth-order valence-corrected chi connectivity index (χ4v) is 1.78. The van der Waals surface area contributed by atoms with Crippen molar-refractivity contribution in [2.24, 2.45) is 0 Å². The van der Waals surface area contributed by atoms with Crippen molar-refractivity contribution in [2.45, 2.75) is 25.5 Å². The summed E-state index contributed by atoms with van der Waals surface area (Å²) in [6.07, 6.45) is 2.32. The fraction of sp³-hybridized carbons (Fsp3) is 0.545. The lowest BCUT2D eigenvalue weighted by Crippen LogP contribution is -2.30. The molecule has 1 aromatic rings. The largest absolute Gasteiger partial charge is 0.376 e. The fourth-order valence-electron chi connectivity index (χ4n) is 1.78. The van der Waals surface area contributed by atoms with Gasteiger partial charge in [-0.25, -0.2) is 4.39 Å². The van der Waals surface area contributed by atoms with Gasteiger partial charge in [0.25, 0.3) is 0 Å².